The van der Waals surface area contributed by atoms with Crippen LogP contribution in [0.5, 0.6) is 0 Å². The lowest BCUT2D eigenvalue weighted by Gasteiger charge is -2.11. The van der Waals surface area contributed by atoms with E-state index < -0.39 is 6.10 Å². The third-order valence-corrected chi connectivity index (χ3v) is 2.28. The molecule has 1 aromatic carbocycles. The number of hydrogen-bond donors (Lipinski definition) is 2. The van der Waals surface area contributed by atoms with Gasteiger partial charge in [-0.1, -0.05) is 12.1 Å². The summed E-state index contributed by atoms with van der Waals surface area (Å²) < 4.78 is 5.10. The van der Waals surface area contributed by atoms with E-state index in [1.54, 1.807) is 6.07 Å². The Morgan fingerprint density at radius 1 is 1.53 bits per heavy atom. The van der Waals surface area contributed by atoms with Crippen molar-refractivity contribution in [2.24, 2.45) is 0 Å². The Kier molecular flexibility index (Phi) is 6.26. The van der Waals surface area contributed by atoms with Crippen molar-refractivity contribution in [2.75, 3.05) is 19.8 Å². The molecule has 17 heavy (non-hydrogen) atoms. The van der Waals surface area contributed by atoms with Crippen LogP contribution in [0.4, 0.5) is 0 Å². The summed E-state index contributed by atoms with van der Waals surface area (Å²) in [5.74, 6) is 0. The Labute approximate surface area is 102 Å². The van der Waals surface area contributed by atoms with Gasteiger partial charge in [-0.15, -0.1) is 0 Å². The van der Waals surface area contributed by atoms with Gasteiger partial charge in [0.05, 0.1) is 24.3 Å². The standard InChI is InChI=1S/C13H18N2O2/c1-2-17-10-13(16)9-15-8-12-5-3-4-11(6-12)7-14/h3-6,13,15-16H,2,8-10H2,1H3. The van der Waals surface area contributed by atoms with E-state index in [-0.39, 0.29) is 0 Å². The van der Waals surface area contributed by atoms with Crippen molar-refractivity contribution < 1.29 is 9.84 Å². The number of aliphatic hydroxyl groups is 1. The average molecular weight is 234 g/mol. The maximum absolute atomic E-state index is 9.52. The lowest BCUT2D eigenvalue weighted by Crippen LogP contribution is -2.30. The van der Waals surface area contributed by atoms with Gasteiger partial charge in [-0.3, -0.25) is 0 Å². The number of ether oxygens (including phenoxy) is 1. The van der Waals surface area contributed by atoms with E-state index in [0.717, 1.165) is 5.56 Å². The fourth-order valence-electron chi connectivity index (χ4n) is 1.45. The Morgan fingerprint density at radius 2 is 2.35 bits per heavy atom. The van der Waals surface area contributed by atoms with E-state index in [0.29, 0.717) is 31.9 Å². The van der Waals surface area contributed by atoms with Crippen LogP contribution in [-0.2, 0) is 11.3 Å². The molecule has 1 atom stereocenters. The van der Waals surface area contributed by atoms with E-state index >= 15 is 0 Å². The predicted octanol–water partition coefficient (Wildman–Crippen LogP) is 1.05. The Bertz CT molecular complexity index is 374. The van der Waals surface area contributed by atoms with E-state index in [1.165, 1.54) is 0 Å². The molecule has 0 aromatic heterocycles. The van der Waals surface area contributed by atoms with Crippen molar-refractivity contribution in [1.29, 1.82) is 5.26 Å². The highest BCUT2D eigenvalue weighted by Crippen LogP contribution is 2.03. The smallest absolute Gasteiger partial charge is 0.0991 e. The first-order valence-corrected chi connectivity index (χ1v) is 5.71. The summed E-state index contributed by atoms with van der Waals surface area (Å²) in [6.45, 7) is 3.98. The molecular formula is C13H18N2O2. The molecule has 0 fully saturated rings. The van der Waals surface area contributed by atoms with Gasteiger partial charge in [0.1, 0.15) is 0 Å². The number of benzene rings is 1. The molecule has 0 heterocycles. The number of nitrogens with zero attached hydrogens (tertiary/aromatic N) is 1. The van der Waals surface area contributed by atoms with Gasteiger partial charge in [-0.05, 0) is 24.6 Å². The van der Waals surface area contributed by atoms with Crippen LogP contribution >= 0.6 is 0 Å². The zero-order chi connectivity index (χ0) is 12.5. The molecule has 1 unspecified atom stereocenters. The van der Waals surface area contributed by atoms with Gasteiger partial charge < -0.3 is 15.2 Å². The molecule has 0 spiro atoms. The quantitative estimate of drug-likeness (QED) is 0.740. The molecule has 0 radical (unpaired) electrons. The minimum Gasteiger partial charge on any atom is -0.389 e. The number of aliphatic hydroxyl groups excluding tert-OH is 1. The van der Waals surface area contributed by atoms with Crippen LogP contribution in [0.15, 0.2) is 24.3 Å². The SMILES string of the molecule is CCOCC(O)CNCc1cccc(C#N)c1. The van der Waals surface area contributed by atoms with Gasteiger partial charge in [-0.25, -0.2) is 0 Å². The maximum Gasteiger partial charge on any atom is 0.0991 e. The summed E-state index contributed by atoms with van der Waals surface area (Å²) >= 11 is 0. The van der Waals surface area contributed by atoms with E-state index in [1.807, 2.05) is 25.1 Å². The van der Waals surface area contributed by atoms with Crippen molar-refractivity contribution in [3.8, 4) is 6.07 Å². The van der Waals surface area contributed by atoms with E-state index in [4.69, 9.17) is 10.00 Å². The highest BCUT2D eigenvalue weighted by molar-refractivity contribution is 5.32. The van der Waals surface area contributed by atoms with Crippen LogP contribution < -0.4 is 5.32 Å². The zero-order valence-corrected chi connectivity index (χ0v) is 10.0. The van der Waals surface area contributed by atoms with Crippen molar-refractivity contribution in [2.45, 2.75) is 19.6 Å². The average Bonchev–Trinajstić information content (AvgIpc) is 2.36. The van der Waals surface area contributed by atoms with Crippen LogP contribution in [0.25, 0.3) is 0 Å². The second-order valence-corrected chi connectivity index (χ2v) is 3.76. The summed E-state index contributed by atoms with van der Waals surface area (Å²) in [6.07, 6.45) is -0.492. The number of rotatable bonds is 7. The molecule has 92 valence electrons. The second-order valence-electron chi connectivity index (χ2n) is 3.76. The normalized spacial score (nSPS) is 12.1. The fourth-order valence-corrected chi connectivity index (χ4v) is 1.45. The van der Waals surface area contributed by atoms with Crippen molar-refractivity contribution in [3.05, 3.63) is 35.4 Å². The largest absolute Gasteiger partial charge is 0.389 e. The van der Waals surface area contributed by atoms with Crippen LogP contribution in [0.1, 0.15) is 18.1 Å². The Balaban J connectivity index is 2.28. The van der Waals surface area contributed by atoms with Crippen LogP contribution in [-0.4, -0.2) is 31.0 Å². The molecular weight excluding hydrogens is 216 g/mol. The van der Waals surface area contributed by atoms with Gasteiger partial charge in [0.15, 0.2) is 0 Å². The lowest BCUT2D eigenvalue weighted by atomic mass is 10.1. The Hall–Kier alpha value is -1.41. The topological polar surface area (TPSA) is 65.3 Å². The van der Waals surface area contributed by atoms with Gasteiger partial charge in [0.2, 0.25) is 0 Å². The molecule has 1 aromatic rings. The van der Waals surface area contributed by atoms with Crippen LogP contribution in [0.3, 0.4) is 0 Å². The van der Waals surface area contributed by atoms with Crippen molar-refractivity contribution in [1.82, 2.24) is 5.32 Å². The first-order chi connectivity index (χ1) is 8.26. The van der Waals surface area contributed by atoms with Gasteiger partial charge >= 0.3 is 0 Å². The predicted molar refractivity (Wildman–Crippen MR) is 65.4 cm³/mol. The third-order valence-electron chi connectivity index (χ3n) is 2.28. The first-order valence-electron chi connectivity index (χ1n) is 5.71. The number of hydrogen-bond acceptors (Lipinski definition) is 4. The highest BCUT2D eigenvalue weighted by atomic mass is 16.5. The summed E-state index contributed by atoms with van der Waals surface area (Å²) in [5, 5.41) is 21.4. The van der Waals surface area contributed by atoms with Crippen molar-refractivity contribution in [3.63, 3.8) is 0 Å². The van der Waals surface area contributed by atoms with Crippen LogP contribution in [0, 0.1) is 11.3 Å². The van der Waals surface area contributed by atoms with Crippen molar-refractivity contribution >= 4 is 0 Å². The molecule has 2 N–H and O–H groups in total. The minimum absolute atomic E-state index is 0.349. The van der Waals surface area contributed by atoms with Gasteiger partial charge in [-0.2, -0.15) is 5.26 Å². The fraction of sp³-hybridized carbons (Fsp3) is 0.462. The number of nitrogens with one attached hydrogen (secondary N) is 1. The summed E-state index contributed by atoms with van der Waals surface area (Å²) in [5.41, 5.74) is 1.69. The van der Waals surface area contributed by atoms with E-state index in [2.05, 4.69) is 11.4 Å². The lowest BCUT2D eigenvalue weighted by molar-refractivity contribution is 0.0427. The third kappa shape index (κ3) is 5.45. The molecule has 0 aliphatic rings. The molecule has 1 rings (SSSR count). The molecule has 0 aliphatic carbocycles. The first kappa shape index (κ1) is 13.7. The minimum atomic E-state index is -0.492. The molecule has 0 amide bonds. The van der Waals surface area contributed by atoms with Gasteiger partial charge in [0, 0.05) is 19.7 Å². The van der Waals surface area contributed by atoms with Crippen LogP contribution in [0.2, 0.25) is 0 Å². The summed E-state index contributed by atoms with van der Waals surface area (Å²) in [4.78, 5) is 0. The maximum atomic E-state index is 9.52. The zero-order valence-electron chi connectivity index (χ0n) is 10.0. The van der Waals surface area contributed by atoms with Gasteiger partial charge in [0.25, 0.3) is 0 Å². The molecule has 0 saturated carbocycles. The molecule has 4 nitrogen and oxygen atoms in total. The van der Waals surface area contributed by atoms with E-state index in [9.17, 15) is 5.11 Å². The molecule has 4 heteroatoms. The monoisotopic (exact) mass is 234 g/mol. The number of nitriles is 1. The summed E-state index contributed by atoms with van der Waals surface area (Å²) in [7, 11) is 0. The second kappa shape index (κ2) is 7.80. The summed E-state index contributed by atoms with van der Waals surface area (Å²) in [6, 6.07) is 9.50. The highest BCUT2D eigenvalue weighted by Gasteiger charge is 2.03. The molecule has 0 saturated heterocycles. The Morgan fingerprint density at radius 3 is 3.06 bits per heavy atom. The molecule has 0 bridgehead atoms. The molecule has 0 aliphatic heterocycles.